The maximum absolute atomic E-state index is 12.5. The highest BCUT2D eigenvalue weighted by atomic mass is 32.2. The maximum atomic E-state index is 12.5. The third kappa shape index (κ3) is 5.38. The Balaban J connectivity index is 1.71. The summed E-state index contributed by atoms with van der Waals surface area (Å²) in [7, 11) is 3.10. The molecule has 1 aromatic carbocycles. The van der Waals surface area contributed by atoms with Crippen LogP contribution in [0.2, 0.25) is 0 Å². The molecule has 3 rings (SSSR count). The van der Waals surface area contributed by atoms with E-state index in [0.29, 0.717) is 41.2 Å². The number of aromatic nitrogens is 4. The molecule has 0 bridgehead atoms. The van der Waals surface area contributed by atoms with Crippen LogP contribution >= 0.6 is 11.8 Å². The van der Waals surface area contributed by atoms with E-state index < -0.39 is 0 Å². The Morgan fingerprint density at radius 1 is 1.19 bits per heavy atom. The first-order chi connectivity index (χ1) is 15.0. The van der Waals surface area contributed by atoms with Gasteiger partial charge < -0.3 is 20.1 Å². The number of carbonyl (C=O) groups is 1. The van der Waals surface area contributed by atoms with Gasteiger partial charge in [0.15, 0.2) is 22.3 Å². The first-order valence-electron chi connectivity index (χ1n) is 9.98. The lowest BCUT2D eigenvalue weighted by Crippen LogP contribution is -2.27. The van der Waals surface area contributed by atoms with Crippen molar-refractivity contribution in [3.05, 3.63) is 30.0 Å². The van der Waals surface area contributed by atoms with Gasteiger partial charge in [0.1, 0.15) is 5.82 Å². The number of anilines is 1. The molecule has 0 aliphatic rings. The SMILES string of the molecule is COc1ccc(C(=O)NCCn2ncc3c(NCC(C)C)nc(SC)nc32)cc1OC. The second kappa shape index (κ2) is 10.3. The van der Waals surface area contributed by atoms with E-state index in [4.69, 9.17) is 9.47 Å². The standard InChI is InChI=1S/C21H28N6O3S/c1-13(2)11-23-18-15-12-24-27(19(15)26-21(25-18)31-5)9-8-22-20(28)14-6-7-16(29-3)17(10-14)30-4/h6-7,10,12-13H,8-9,11H2,1-5H3,(H,22,28)(H,23,25,26). The number of hydrogen-bond donors (Lipinski definition) is 2. The van der Waals surface area contributed by atoms with Crippen molar-refractivity contribution in [2.75, 3.05) is 38.9 Å². The zero-order chi connectivity index (χ0) is 22.4. The average molecular weight is 445 g/mol. The number of methoxy groups -OCH3 is 2. The molecule has 0 spiro atoms. The van der Waals surface area contributed by atoms with Crippen LogP contribution in [0.1, 0.15) is 24.2 Å². The highest BCUT2D eigenvalue weighted by Gasteiger charge is 2.14. The largest absolute Gasteiger partial charge is 0.493 e. The molecule has 0 fully saturated rings. The molecule has 0 saturated carbocycles. The fourth-order valence-corrected chi connectivity index (χ4v) is 3.34. The van der Waals surface area contributed by atoms with Crippen LogP contribution in [0.3, 0.4) is 0 Å². The number of amides is 1. The Hall–Kier alpha value is -3.01. The highest BCUT2D eigenvalue weighted by molar-refractivity contribution is 7.98. The minimum atomic E-state index is -0.198. The van der Waals surface area contributed by atoms with Crippen molar-refractivity contribution in [3.63, 3.8) is 0 Å². The van der Waals surface area contributed by atoms with Crippen molar-refractivity contribution >= 4 is 34.5 Å². The van der Waals surface area contributed by atoms with E-state index in [-0.39, 0.29) is 5.91 Å². The molecule has 0 atom stereocenters. The quantitative estimate of drug-likeness (QED) is 0.363. The van der Waals surface area contributed by atoms with Crippen LogP contribution < -0.4 is 20.1 Å². The molecule has 2 N–H and O–H groups in total. The van der Waals surface area contributed by atoms with Gasteiger partial charge in [-0.1, -0.05) is 25.6 Å². The van der Waals surface area contributed by atoms with E-state index in [2.05, 4.69) is 39.5 Å². The molecule has 2 heterocycles. The zero-order valence-corrected chi connectivity index (χ0v) is 19.2. The lowest BCUT2D eigenvalue weighted by molar-refractivity contribution is 0.0951. The van der Waals surface area contributed by atoms with E-state index in [1.807, 2.05) is 6.26 Å². The molecular weight excluding hydrogens is 416 g/mol. The van der Waals surface area contributed by atoms with Crippen LogP contribution in [0.15, 0.2) is 29.6 Å². The minimum absolute atomic E-state index is 0.198. The van der Waals surface area contributed by atoms with Crippen LogP contribution in [0.25, 0.3) is 11.0 Å². The van der Waals surface area contributed by atoms with Gasteiger partial charge in [0.05, 0.1) is 32.3 Å². The molecule has 0 radical (unpaired) electrons. The predicted molar refractivity (Wildman–Crippen MR) is 122 cm³/mol. The Labute approximate surface area is 185 Å². The van der Waals surface area contributed by atoms with Crippen molar-refractivity contribution in [1.82, 2.24) is 25.1 Å². The molecule has 10 heteroatoms. The summed E-state index contributed by atoms with van der Waals surface area (Å²) >= 11 is 1.48. The Bertz CT molecular complexity index is 1050. The van der Waals surface area contributed by atoms with Gasteiger partial charge in [0, 0.05) is 18.7 Å². The topological polar surface area (TPSA) is 103 Å². The van der Waals surface area contributed by atoms with Crippen LogP contribution in [-0.2, 0) is 6.54 Å². The number of thioether (sulfide) groups is 1. The number of nitrogens with one attached hydrogen (secondary N) is 2. The second-order valence-electron chi connectivity index (χ2n) is 7.26. The number of carbonyl (C=O) groups excluding carboxylic acids is 1. The van der Waals surface area contributed by atoms with Gasteiger partial charge in [-0.15, -0.1) is 0 Å². The van der Waals surface area contributed by atoms with Gasteiger partial charge in [-0.2, -0.15) is 5.10 Å². The first-order valence-corrected chi connectivity index (χ1v) is 11.2. The van der Waals surface area contributed by atoms with Crippen molar-refractivity contribution in [2.24, 2.45) is 5.92 Å². The van der Waals surface area contributed by atoms with Crippen molar-refractivity contribution < 1.29 is 14.3 Å². The molecule has 0 saturated heterocycles. The fourth-order valence-electron chi connectivity index (χ4n) is 2.98. The number of hydrogen-bond acceptors (Lipinski definition) is 8. The summed E-state index contributed by atoms with van der Waals surface area (Å²) in [6.07, 6.45) is 3.70. The molecule has 0 unspecified atom stereocenters. The van der Waals surface area contributed by atoms with Crippen LogP contribution in [0, 0.1) is 5.92 Å². The van der Waals surface area contributed by atoms with Gasteiger partial charge in [0.25, 0.3) is 5.91 Å². The summed E-state index contributed by atoms with van der Waals surface area (Å²) in [6.45, 7) is 5.98. The summed E-state index contributed by atoms with van der Waals surface area (Å²) in [5.41, 5.74) is 1.24. The van der Waals surface area contributed by atoms with E-state index >= 15 is 0 Å². The third-order valence-corrected chi connectivity index (χ3v) is 5.14. The third-order valence-electron chi connectivity index (χ3n) is 4.59. The summed E-state index contributed by atoms with van der Waals surface area (Å²) in [5.74, 6) is 2.16. The number of benzene rings is 1. The summed E-state index contributed by atoms with van der Waals surface area (Å²) < 4.78 is 12.3. The number of ether oxygens (including phenoxy) is 2. The molecule has 31 heavy (non-hydrogen) atoms. The number of fused-ring (bicyclic) bond motifs is 1. The summed E-state index contributed by atoms with van der Waals surface area (Å²) in [5, 5.41) is 12.3. The molecular formula is C21H28N6O3S. The average Bonchev–Trinajstić information content (AvgIpc) is 3.19. The van der Waals surface area contributed by atoms with Gasteiger partial charge in [-0.3, -0.25) is 4.79 Å². The van der Waals surface area contributed by atoms with E-state index in [1.54, 1.807) is 36.2 Å². The molecule has 0 aliphatic carbocycles. The Kier molecular flexibility index (Phi) is 7.56. The van der Waals surface area contributed by atoms with Crippen molar-refractivity contribution in [2.45, 2.75) is 25.5 Å². The van der Waals surface area contributed by atoms with Crippen molar-refractivity contribution in [3.8, 4) is 11.5 Å². The Morgan fingerprint density at radius 3 is 2.65 bits per heavy atom. The lowest BCUT2D eigenvalue weighted by Gasteiger charge is -2.11. The molecule has 2 aromatic heterocycles. The predicted octanol–water partition coefficient (Wildman–Crippen LogP) is 3.06. The fraction of sp³-hybridized carbons (Fsp3) is 0.429. The van der Waals surface area contributed by atoms with E-state index in [1.165, 1.54) is 18.9 Å². The summed E-state index contributed by atoms with van der Waals surface area (Å²) in [6, 6.07) is 5.06. The highest BCUT2D eigenvalue weighted by Crippen LogP contribution is 2.27. The smallest absolute Gasteiger partial charge is 0.251 e. The molecule has 3 aromatic rings. The Morgan fingerprint density at radius 2 is 1.97 bits per heavy atom. The van der Waals surface area contributed by atoms with E-state index in [9.17, 15) is 4.79 Å². The van der Waals surface area contributed by atoms with Crippen LogP contribution in [0.4, 0.5) is 5.82 Å². The van der Waals surface area contributed by atoms with Gasteiger partial charge >= 0.3 is 0 Å². The molecule has 1 amide bonds. The monoisotopic (exact) mass is 444 g/mol. The molecule has 0 aliphatic heterocycles. The van der Waals surface area contributed by atoms with Gasteiger partial charge in [-0.05, 0) is 30.4 Å². The van der Waals surface area contributed by atoms with Gasteiger partial charge in [0.2, 0.25) is 0 Å². The molecule has 9 nitrogen and oxygen atoms in total. The van der Waals surface area contributed by atoms with Gasteiger partial charge in [-0.25, -0.2) is 14.6 Å². The normalized spacial score (nSPS) is 11.0. The van der Waals surface area contributed by atoms with Crippen molar-refractivity contribution in [1.29, 1.82) is 0 Å². The number of rotatable bonds is 10. The van der Waals surface area contributed by atoms with E-state index in [0.717, 1.165) is 23.4 Å². The molecule has 166 valence electrons. The summed E-state index contributed by atoms with van der Waals surface area (Å²) in [4.78, 5) is 21.7. The minimum Gasteiger partial charge on any atom is -0.493 e. The van der Waals surface area contributed by atoms with Crippen LogP contribution in [0.5, 0.6) is 11.5 Å². The first kappa shape index (κ1) is 22.7. The maximum Gasteiger partial charge on any atom is 0.251 e. The lowest BCUT2D eigenvalue weighted by atomic mass is 10.2. The van der Waals surface area contributed by atoms with Crippen LogP contribution in [-0.4, -0.2) is 59.2 Å². The zero-order valence-electron chi connectivity index (χ0n) is 18.4. The number of nitrogens with zero attached hydrogens (tertiary/aromatic N) is 4. The second-order valence-corrected chi connectivity index (χ2v) is 8.04.